The molecule has 2 aliphatic carbocycles. The molecule has 4 heteroatoms. The zero-order chi connectivity index (χ0) is 45.9. The first-order chi connectivity index (χ1) is 28.4. The van der Waals surface area contributed by atoms with E-state index in [9.17, 15) is 0 Å². The first-order valence-electron chi connectivity index (χ1n) is 25.3. The van der Waals surface area contributed by atoms with E-state index < -0.39 is 0 Å². The van der Waals surface area contributed by atoms with Crippen LogP contribution in [-0.2, 0) is 0 Å². The molecule has 0 radical (unpaired) electrons. The number of unbranched alkanes of at least 4 members (excludes halogenated alkanes) is 5. The Morgan fingerprint density at radius 1 is 0.774 bits per heavy atom. The number of hydrogen-bond donors (Lipinski definition) is 2. The molecular formula is C58H113CeCfN2-3. The van der Waals surface area contributed by atoms with Crippen LogP contribution in [0.25, 0.3) is 0 Å². The molecule has 0 saturated heterocycles. The Hall–Kier alpha value is -1.26. The Morgan fingerprint density at radius 3 is 1.98 bits per heavy atom. The van der Waals surface area contributed by atoms with Gasteiger partial charge in [0.05, 0.1) is 0 Å². The Labute approximate surface area is 422 Å². The third-order valence-electron chi connectivity index (χ3n) is 12.3. The molecule has 2 aliphatic rings. The van der Waals surface area contributed by atoms with Gasteiger partial charge in [-0.25, -0.2) is 0 Å². The van der Waals surface area contributed by atoms with Gasteiger partial charge in [-0.3, -0.25) is 0 Å². The summed E-state index contributed by atoms with van der Waals surface area (Å²) in [4.78, 5) is 0. The van der Waals surface area contributed by atoms with Gasteiger partial charge in [-0.1, -0.05) is 206 Å². The molecular weight excluding hydrogens is 1120 g/mol. The van der Waals surface area contributed by atoms with Gasteiger partial charge in [0.15, 0.2) is 0 Å². The topological polar surface area (TPSA) is 38.0 Å². The molecule has 0 spiro atoms. The van der Waals surface area contributed by atoms with Crippen molar-refractivity contribution in [3.8, 4) is 0 Å². The summed E-state index contributed by atoms with van der Waals surface area (Å²) in [7, 11) is 2.04. The van der Waals surface area contributed by atoms with Crippen molar-refractivity contribution in [3.63, 3.8) is 0 Å². The number of nitrogens with two attached hydrogens (primary N) is 1. The fourth-order valence-corrected chi connectivity index (χ4v) is 7.97. The molecule has 0 aromatic heterocycles. The fraction of sp³-hybridized carbons (Fsp3) is 0.741. The van der Waals surface area contributed by atoms with Crippen molar-refractivity contribution in [2.24, 2.45) is 47.2 Å². The van der Waals surface area contributed by atoms with Crippen LogP contribution in [0.15, 0.2) is 72.9 Å². The van der Waals surface area contributed by atoms with Crippen LogP contribution in [0.4, 0.5) is 0 Å². The molecule has 2 saturated carbocycles. The Kier molecular flexibility index (Phi) is 67.6. The van der Waals surface area contributed by atoms with Crippen LogP contribution < -0.4 is 11.1 Å². The van der Waals surface area contributed by atoms with Crippen LogP contribution in [0.5, 0.6) is 0 Å². The van der Waals surface area contributed by atoms with Gasteiger partial charge in [0.2, 0.25) is 0 Å². The normalized spacial score (nSPS) is 20.3. The smallest absolute Gasteiger partial charge is 0.0225 e. The van der Waals surface area contributed by atoms with Crippen LogP contribution in [0.2, 0.25) is 0 Å². The molecule has 0 bridgehead atoms. The van der Waals surface area contributed by atoms with Gasteiger partial charge in [-0.2, -0.15) is 25.7 Å². The molecule has 62 heavy (non-hydrogen) atoms. The van der Waals surface area contributed by atoms with Crippen molar-refractivity contribution in [2.45, 2.75) is 225 Å². The average Bonchev–Trinajstić information content (AvgIpc) is 3.25. The largest absolute Gasteiger partial charge is 0.358 e. The van der Waals surface area contributed by atoms with Gasteiger partial charge in [0, 0.05) is 47.8 Å². The van der Waals surface area contributed by atoms with E-state index in [2.05, 4.69) is 123 Å². The molecule has 2 nitrogen and oxygen atoms in total. The Bertz CT molecular complexity index is 1010. The standard InChI is InChI=1S/C35H60N.C14H28N.3C2H6.C2H4.CH3.Ce.Cf/c1-27(18-13-12-16-22-35-23-17-19-28(2)25-35)24-31(5)33(7)26-32(6)29(3)20-14-10-9-11-15-21-30(4)34(8)36;1-13-9-6-7-11-14(13)10-5-3-4-8-12-15-2;4*1-2;;;/h9-12,15,21,24,27-29,33-35H,6,13-14,16-20,22-23,25-26,36H2,1-5,7-8H3;5,13-15H,3-4,6-12H2,1-2H3;3*1-2H3;1-2H2;1H3;;/q2*-1;;;;;-1;;/b10-9+,15-11+,30-21+,31-24+;;;;;;;;/t27-,28?,29?,33?,34?,35?;;;;;;;;/m0......../s1. The molecule has 7 unspecified atom stereocenters. The van der Waals surface area contributed by atoms with Crippen molar-refractivity contribution in [1.29, 1.82) is 0 Å². The van der Waals surface area contributed by atoms with Crippen LogP contribution in [0, 0.1) is 103 Å². The summed E-state index contributed by atoms with van der Waals surface area (Å²) < 4.78 is 0. The third kappa shape index (κ3) is 45.3. The number of allylic oxidation sites excluding steroid dienone is 8. The first-order valence-corrected chi connectivity index (χ1v) is 25.3. The average molecular weight is 1230 g/mol. The van der Waals surface area contributed by atoms with Gasteiger partial charge in [0.25, 0.3) is 0 Å². The predicted octanol–water partition coefficient (Wildman–Crippen LogP) is 18.7. The minimum absolute atomic E-state index is 0. The number of hydrogen-bond acceptors (Lipinski definition) is 2. The van der Waals surface area contributed by atoms with Gasteiger partial charge in [0.1, 0.15) is 0 Å². The molecule has 372 valence electrons. The maximum atomic E-state index is 5.86. The fourth-order valence-electron chi connectivity index (χ4n) is 7.97. The van der Waals surface area contributed by atoms with Crippen molar-refractivity contribution >= 4 is 0 Å². The first kappa shape index (κ1) is 75.1. The van der Waals surface area contributed by atoms with E-state index >= 15 is 0 Å². The molecule has 0 aliphatic heterocycles. The summed E-state index contributed by atoms with van der Waals surface area (Å²) in [5.41, 5.74) is 9.99. The molecule has 0 aromatic rings. The van der Waals surface area contributed by atoms with Crippen LogP contribution >= 0.6 is 0 Å². The van der Waals surface area contributed by atoms with E-state index in [-0.39, 0.29) is 55.2 Å². The van der Waals surface area contributed by atoms with Crippen LogP contribution in [0.3, 0.4) is 0 Å². The molecule has 2 rings (SSSR count). The van der Waals surface area contributed by atoms with E-state index in [1.165, 1.54) is 132 Å². The molecule has 3 N–H and O–H groups in total. The van der Waals surface area contributed by atoms with Gasteiger partial charge in [-0.15, -0.1) is 13.2 Å². The molecule has 8 atom stereocenters. The number of rotatable bonds is 24. The van der Waals surface area contributed by atoms with Gasteiger partial charge in [-0.05, 0) is 102 Å². The van der Waals surface area contributed by atoms with Crippen LogP contribution in [-0.4, -0.2) is 19.6 Å². The predicted molar refractivity (Wildman–Crippen MR) is 283 cm³/mol. The second kappa shape index (κ2) is 55.9. The minimum atomic E-state index is 0. The molecule has 0 heterocycles. The Morgan fingerprint density at radius 2 is 1.40 bits per heavy atom. The second-order valence-electron chi connectivity index (χ2n) is 17.4. The van der Waals surface area contributed by atoms with Crippen LogP contribution in [0.1, 0.15) is 219 Å². The maximum absolute atomic E-state index is 5.86. The summed E-state index contributed by atoms with van der Waals surface area (Å²) in [6.45, 7) is 42.0. The molecule has 0 amide bonds. The SMILES string of the molecule is C=C.C=C(CC(C)/C(C)=C/[C@@H](C)CC[CH-]CCC1CCCC(C)C1)C(C)CC/C=C/C=C/C=C(\C)C(C)N.CC.CC.CC.CNCCCC[CH-]CC1CCCCC1C.[CH3-].[Ce].[Cf]. The van der Waals surface area contributed by atoms with Crippen molar-refractivity contribution in [3.05, 3.63) is 93.2 Å². The van der Waals surface area contributed by atoms with E-state index in [0.29, 0.717) is 17.8 Å². The van der Waals surface area contributed by atoms with E-state index in [4.69, 9.17) is 5.73 Å². The van der Waals surface area contributed by atoms with Gasteiger partial charge >= 0.3 is 0 Å². The Balaban J connectivity index is -0.000000195. The van der Waals surface area contributed by atoms with E-state index in [0.717, 1.165) is 36.5 Å². The monoisotopic (exact) mass is 1230 g/mol. The van der Waals surface area contributed by atoms with Crippen molar-refractivity contribution in [1.82, 2.24) is 5.32 Å². The zero-order valence-electron chi connectivity index (χ0n) is 44.9. The molecule has 2 fully saturated rings. The zero-order valence-corrected chi connectivity index (χ0v) is 50.7. The summed E-state index contributed by atoms with van der Waals surface area (Å²) in [6.07, 6.45) is 44.1. The quantitative estimate of drug-likeness (QED) is 0.0437. The molecule has 0 aromatic carbocycles. The summed E-state index contributed by atoms with van der Waals surface area (Å²) in [5.74, 6) is 5.74. The van der Waals surface area contributed by atoms with E-state index in [1.807, 2.05) is 55.5 Å². The maximum Gasteiger partial charge on any atom is 0.0225 e. The number of nitrogens with one attached hydrogen (secondary N) is 1. The van der Waals surface area contributed by atoms with Gasteiger partial charge < -0.3 is 31.3 Å². The van der Waals surface area contributed by atoms with Crippen molar-refractivity contribution in [2.75, 3.05) is 13.6 Å². The summed E-state index contributed by atoms with van der Waals surface area (Å²) in [6, 6.07) is 0.123. The summed E-state index contributed by atoms with van der Waals surface area (Å²) in [5, 5.41) is 3.20. The third-order valence-corrected chi connectivity index (χ3v) is 12.3. The minimum Gasteiger partial charge on any atom is -0.358 e. The van der Waals surface area contributed by atoms with E-state index in [1.54, 1.807) is 0 Å². The van der Waals surface area contributed by atoms with Crippen molar-refractivity contribution < 1.29 is 41.7 Å². The second-order valence-corrected chi connectivity index (χ2v) is 17.4. The summed E-state index contributed by atoms with van der Waals surface area (Å²) >= 11 is 0.